The molecule has 0 N–H and O–H groups in total. The van der Waals surface area contributed by atoms with E-state index in [1.807, 2.05) is 166 Å². The van der Waals surface area contributed by atoms with E-state index in [-0.39, 0.29) is 119 Å². The molecule has 2 heterocycles. The first kappa shape index (κ1) is 167. The monoisotopic (exact) mass is 1530 g/mol. The van der Waals surface area contributed by atoms with Crippen LogP contribution in [0, 0.1) is 29.1 Å². The number of aryl methyl sites for hydroxylation is 6. The maximum absolute atomic E-state index is 2.83. The summed E-state index contributed by atoms with van der Waals surface area (Å²) in [7, 11) is 0. The second-order valence-electron chi connectivity index (χ2n) is 20.9. The van der Waals surface area contributed by atoms with Gasteiger partial charge in [0.2, 0.25) is 0 Å². The number of hydrogen-bond acceptors (Lipinski definition) is 4. The molecule has 664 valence electrons. The van der Waals surface area contributed by atoms with Gasteiger partial charge in [0.05, 0.1) is 0 Å². The van der Waals surface area contributed by atoms with E-state index in [9.17, 15) is 0 Å². The lowest BCUT2D eigenvalue weighted by Crippen LogP contribution is -2.67. The second-order valence-corrected chi connectivity index (χ2v) is 20.9. The molecule has 0 radical (unpaired) electrons. The van der Waals surface area contributed by atoms with Gasteiger partial charge in [-0.2, -0.15) is 0 Å². The van der Waals surface area contributed by atoms with E-state index < -0.39 is 0 Å². The highest BCUT2D eigenvalue weighted by Crippen LogP contribution is 2.60. The molecule has 4 aromatic rings. The summed E-state index contributed by atoms with van der Waals surface area (Å²) >= 11 is 0. The van der Waals surface area contributed by atoms with E-state index in [4.69, 9.17) is 0 Å². The molecule has 4 heteroatoms. The van der Waals surface area contributed by atoms with E-state index in [0.717, 1.165) is 81.8 Å². The third kappa shape index (κ3) is 55.2. The molecular weight excluding hydrogens is 1290 g/mol. The Morgan fingerprint density at radius 2 is 0.636 bits per heavy atom. The number of para-hydroxylation sites is 4. The van der Waals surface area contributed by atoms with Crippen molar-refractivity contribution >= 4 is 22.7 Å². The van der Waals surface area contributed by atoms with Crippen molar-refractivity contribution in [2.45, 2.75) is 457 Å². The Balaban J connectivity index is -0.0000000438. The first-order chi connectivity index (χ1) is 44.7. The molecule has 4 aromatic carbocycles. The van der Waals surface area contributed by atoms with Crippen LogP contribution in [0.2, 0.25) is 0 Å². The minimum atomic E-state index is 0. The summed E-state index contributed by atoms with van der Waals surface area (Å²) in [6.07, 6.45) is 20.1. The van der Waals surface area contributed by atoms with Gasteiger partial charge in [-0.1, -0.05) is 466 Å². The molecule has 1 spiro atoms. The molecule has 0 bridgehead atoms. The number of hydrogen-bond donors (Lipinski definition) is 0. The van der Waals surface area contributed by atoms with Gasteiger partial charge in [0.1, 0.15) is 0 Å². The minimum absolute atomic E-state index is 0. The minimum Gasteiger partial charge on any atom is -0.371 e. The van der Waals surface area contributed by atoms with Crippen LogP contribution in [-0.2, 0) is 38.5 Å². The van der Waals surface area contributed by atoms with Crippen LogP contribution in [0.3, 0.4) is 0 Å². The van der Waals surface area contributed by atoms with Gasteiger partial charge < -0.3 is 19.6 Å². The van der Waals surface area contributed by atoms with Crippen LogP contribution in [-0.4, -0.2) is 52.4 Å². The molecule has 1 saturated carbocycles. The summed E-state index contributed by atoms with van der Waals surface area (Å²) in [5.41, 5.74) is 15.7. The summed E-state index contributed by atoms with van der Waals surface area (Å²) in [6.45, 7) is 81.2. The van der Waals surface area contributed by atoms with Crippen molar-refractivity contribution in [3.05, 3.63) is 118 Å². The molecule has 4 nitrogen and oxygen atoms in total. The molecule has 3 aliphatic rings. The summed E-state index contributed by atoms with van der Waals surface area (Å²) in [5, 5.41) is 0. The summed E-state index contributed by atoms with van der Waals surface area (Å²) in [5.74, 6) is 3.13. The quantitative estimate of drug-likeness (QED) is 0.0727. The zero-order valence-corrected chi connectivity index (χ0v) is 68.7. The number of rotatable bonds is 22. The zero-order valence-electron chi connectivity index (χ0n) is 68.7. The summed E-state index contributed by atoms with van der Waals surface area (Å²) < 4.78 is 0. The standard InChI is InChI=1S/C32H46N2.C31H50N2.12C2H6.16CH4/c1-6-25-14-9-10-18-30(25)33-20-28-17-11-13-23(4)32(28)24(5)19-34(22-29(32)21-33)31-26(7-2)15-12-16-27(31)8-3;1-6-11-12-13-16-24-32(30-22-15-14-19-27(30)8-3)25-18-26-33(23-7-2)31-28(9-4)20-17-21-29(31)10-5;12*1-2;;;;;;;;;;;;;;;;/h9-10,12,14-16,18,23-24,28-29H,6-8,11,13,17,19-22H2,1-5H3;14-15,17,19-22H,6-13,16,18,23-26H2,1-5H3;12*1-2H3;16*1H4/t23?,24-,28?,29+,32?;;;;;;;;;;;;;;;;;;;;;;;;;;;;;/m0............................./s1. The van der Waals surface area contributed by atoms with Crippen molar-refractivity contribution in [1.82, 2.24) is 0 Å². The number of nitrogens with zero attached hydrogens (tertiary/aromatic N) is 4. The summed E-state index contributed by atoms with van der Waals surface area (Å²) in [4.78, 5) is 11.0. The van der Waals surface area contributed by atoms with Crippen LogP contribution in [0.1, 0.15) is 452 Å². The van der Waals surface area contributed by atoms with Gasteiger partial charge in [0.15, 0.2) is 0 Å². The third-order valence-corrected chi connectivity index (χ3v) is 17.0. The van der Waals surface area contributed by atoms with Crippen molar-refractivity contribution in [3.8, 4) is 0 Å². The van der Waals surface area contributed by atoms with Crippen LogP contribution < -0.4 is 19.6 Å². The van der Waals surface area contributed by atoms with Gasteiger partial charge in [0, 0.05) is 81.0 Å². The lowest BCUT2D eigenvalue weighted by atomic mass is 9.47. The first-order valence-corrected chi connectivity index (χ1v) is 40.1. The van der Waals surface area contributed by atoms with E-state index in [1.54, 1.807) is 16.8 Å². The molecule has 1 aliphatic carbocycles. The van der Waals surface area contributed by atoms with E-state index in [1.165, 1.54) is 136 Å². The number of piperidine rings is 2. The van der Waals surface area contributed by atoms with Gasteiger partial charge in [-0.05, 0) is 133 Å². The lowest BCUT2D eigenvalue weighted by Gasteiger charge is -2.65. The molecule has 3 unspecified atom stereocenters. The first-order valence-electron chi connectivity index (χ1n) is 40.1. The maximum atomic E-state index is 2.83. The van der Waals surface area contributed by atoms with Crippen molar-refractivity contribution in [2.75, 3.05) is 72.0 Å². The van der Waals surface area contributed by atoms with Gasteiger partial charge in [-0.3, -0.25) is 0 Å². The number of unbranched alkanes of at least 4 members (excludes halogenated alkanes) is 4. The van der Waals surface area contributed by atoms with Gasteiger partial charge in [-0.15, -0.1) is 0 Å². The van der Waals surface area contributed by atoms with Crippen LogP contribution in [0.5, 0.6) is 0 Å². The predicted molar refractivity (Wildman–Crippen MR) is 540 cm³/mol. The molecule has 0 aromatic heterocycles. The SMILES string of the molecule is C.C.C.C.C.C.C.C.C.C.C.C.C.C.C.C.CC.CC.CC.CC.CC.CC.CC.CC.CC.CC.CC.CC.CCCCCCCN(CCCN(CCC)c1c(CC)cccc1CC)c1ccccc1CC.CCc1ccccc1N1CC2CCCC(C)C23[C@H](C1)CN(c1c(CC)cccc1CC)C[C@@H]3C. The Bertz CT molecular complexity index is 2030. The molecule has 2 aliphatic heterocycles. The molecule has 5 atom stereocenters. The van der Waals surface area contributed by atoms with Crippen LogP contribution in [0.4, 0.5) is 22.7 Å². The fourth-order valence-corrected chi connectivity index (χ4v) is 13.8. The number of benzene rings is 4. The fourth-order valence-electron chi connectivity index (χ4n) is 13.8. The average molecular weight is 1530 g/mol. The Kier molecular flexibility index (Phi) is 184. The van der Waals surface area contributed by atoms with E-state index in [2.05, 4.69) is 174 Å². The molecular formula is C103H232N4. The van der Waals surface area contributed by atoms with Gasteiger partial charge >= 0.3 is 0 Å². The Morgan fingerprint density at radius 1 is 0.299 bits per heavy atom. The highest BCUT2D eigenvalue weighted by Gasteiger charge is 2.59. The molecule has 7 rings (SSSR count). The lowest BCUT2D eigenvalue weighted by molar-refractivity contribution is -0.0935. The molecule has 0 amide bonds. The normalized spacial score (nSPS) is 14.0. The van der Waals surface area contributed by atoms with Crippen LogP contribution in [0.25, 0.3) is 0 Å². The smallest absolute Gasteiger partial charge is 0.0431 e. The van der Waals surface area contributed by atoms with Gasteiger partial charge in [-0.25, -0.2) is 0 Å². The zero-order chi connectivity index (χ0) is 71.8. The van der Waals surface area contributed by atoms with Crippen LogP contribution >= 0.6 is 0 Å². The number of anilines is 4. The average Bonchev–Trinajstić information content (AvgIpc) is 0.713. The van der Waals surface area contributed by atoms with E-state index in [0.29, 0.717) is 5.41 Å². The predicted octanol–water partition coefficient (Wildman–Crippen LogP) is 38.3. The Hall–Kier alpha value is -3.92. The highest BCUT2D eigenvalue weighted by molar-refractivity contribution is 5.62. The van der Waals surface area contributed by atoms with Crippen molar-refractivity contribution < 1.29 is 0 Å². The molecule has 2 saturated heterocycles. The highest BCUT2D eigenvalue weighted by atomic mass is 15.2. The Morgan fingerprint density at radius 3 is 1.04 bits per heavy atom. The Labute approximate surface area is 695 Å². The summed E-state index contributed by atoms with van der Waals surface area (Å²) in [6, 6.07) is 32.2. The molecule has 107 heavy (non-hydrogen) atoms. The topological polar surface area (TPSA) is 13.0 Å². The maximum Gasteiger partial charge on any atom is 0.0431 e. The largest absolute Gasteiger partial charge is 0.371 e. The van der Waals surface area contributed by atoms with Gasteiger partial charge in [0.25, 0.3) is 0 Å². The van der Waals surface area contributed by atoms with Crippen molar-refractivity contribution in [1.29, 1.82) is 0 Å². The van der Waals surface area contributed by atoms with E-state index >= 15 is 0 Å². The fraction of sp³-hybridized carbons (Fsp3) is 0.767. The van der Waals surface area contributed by atoms with Crippen molar-refractivity contribution in [2.24, 2.45) is 29.1 Å². The second kappa shape index (κ2) is 118. The molecule has 3 fully saturated rings. The third-order valence-electron chi connectivity index (χ3n) is 17.0. The van der Waals surface area contributed by atoms with Crippen LogP contribution in [0.15, 0.2) is 84.9 Å². The van der Waals surface area contributed by atoms with Crippen molar-refractivity contribution in [3.63, 3.8) is 0 Å².